The Hall–Kier alpha value is -2.43. The quantitative estimate of drug-likeness (QED) is 0.715. The molecule has 3 aromatic rings. The molecule has 0 bridgehead atoms. The number of benzene rings is 1. The zero-order valence-corrected chi connectivity index (χ0v) is 10.0. The van der Waals surface area contributed by atoms with Crippen LogP contribution in [0.2, 0.25) is 0 Å². The van der Waals surface area contributed by atoms with E-state index < -0.39 is 0 Å². The van der Waals surface area contributed by atoms with Gasteiger partial charge in [0.25, 0.3) is 0 Å². The lowest BCUT2D eigenvalue weighted by atomic mass is 10.1. The van der Waals surface area contributed by atoms with E-state index in [0.29, 0.717) is 29.2 Å². The number of nitrogens with two attached hydrogens (primary N) is 1. The first-order chi connectivity index (χ1) is 8.74. The van der Waals surface area contributed by atoms with E-state index >= 15 is 0 Å². The zero-order chi connectivity index (χ0) is 12.5. The summed E-state index contributed by atoms with van der Waals surface area (Å²) in [6.07, 6.45) is 2.24. The standard InChI is InChI=1S/C13H13N5/c1-8-4-2-3-5-9(8)6-10-17-12(14)11-13(18-10)16-7-15-11/h2-5,7H,6H2,1H3,(H3,14,15,16,17,18). The Labute approximate surface area is 104 Å². The zero-order valence-electron chi connectivity index (χ0n) is 10.0. The second-order valence-electron chi connectivity index (χ2n) is 4.23. The molecule has 0 atom stereocenters. The highest BCUT2D eigenvalue weighted by Gasteiger charge is 2.08. The maximum Gasteiger partial charge on any atom is 0.183 e. The highest BCUT2D eigenvalue weighted by molar-refractivity contribution is 5.80. The lowest BCUT2D eigenvalue weighted by Crippen LogP contribution is -2.02. The first kappa shape index (κ1) is 10.7. The van der Waals surface area contributed by atoms with Gasteiger partial charge in [-0.2, -0.15) is 0 Å². The second kappa shape index (κ2) is 4.10. The average Bonchev–Trinajstić information content (AvgIpc) is 2.81. The fourth-order valence-electron chi connectivity index (χ4n) is 1.96. The number of fused-ring (bicyclic) bond motifs is 1. The van der Waals surface area contributed by atoms with Crippen molar-refractivity contribution in [2.24, 2.45) is 0 Å². The number of imidazole rings is 1. The van der Waals surface area contributed by atoms with Gasteiger partial charge in [-0.05, 0) is 18.1 Å². The number of H-pyrrole nitrogens is 1. The Morgan fingerprint density at radius 3 is 2.89 bits per heavy atom. The van der Waals surface area contributed by atoms with Crippen LogP contribution in [0.1, 0.15) is 17.0 Å². The summed E-state index contributed by atoms with van der Waals surface area (Å²) in [5.41, 5.74) is 9.61. The van der Waals surface area contributed by atoms with Gasteiger partial charge >= 0.3 is 0 Å². The summed E-state index contributed by atoms with van der Waals surface area (Å²) in [4.78, 5) is 15.8. The fraction of sp³-hybridized carbons (Fsp3) is 0.154. The molecular weight excluding hydrogens is 226 g/mol. The van der Waals surface area contributed by atoms with E-state index in [0.717, 1.165) is 0 Å². The van der Waals surface area contributed by atoms with Crippen LogP contribution in [-0.4, -0.2) is 19.9 Å². The number of aromatic amines is 1. The molecule has 0 saturated carbocycles. The van der Waals surface area contributed by atoms with Crippen molar-refractivity contribution in [3.05, 3.63) is 47.5 Å². The lowest BCUT2D eigenvalue weighted by molar-refractivity contribution is 0.983. The molecule has 0 radical (unpaired) electrons. The molecule has 0 amide bonds. The minimum Gasteiger partial charge on any atom is -0.382 e. The van der Waals surface area contributed by atoms with E-state index in [4.69, 9.17) is 5.73 Å². The molecule has 0 aliphatic carbocycles. The molecule has 3 rings (SSSR count). The maximum absolute atomic E-state index is 5.87. The average molecular weight is 239 g/mol. The topological polar surface area (TPSA) is 80.5 Å². The molecule has 18 heavy (non-hydrogen) atoms. The highest BCUT2D eigenvalue weighted by Crippen LogP contribution is 2.16. The maximum atomic E-state index is 5.87. The Morgan fingerprint density at radius 2 is 2.06 bits per heavy atom. The summed E-state index contributed by atoms with van der Waals surface area (Å²) in [6.45, 7) is 2.08. The molecular formula is C13H13N5. The van der Waals surface area contributed by atoms with E-state index in [-0.39, 0.29) is 0 Å². The lowest BCUT2D eigenvalue weighted by Gasteiger charge is -2.05. The fourth-order valence-corrected chi connectivity index (χ4v) is 1.96. The number of nitrogens with zero attached hydrogens (tertiary/aromatic N) is 3. The van der Waals surface area contributed by atoms with Gasteiger partial charge in [-0.3, -0.25) is 0 Å². The van der Waals surface area contributed by atoms with E-state index in [1.54, 1.807) is 6.33 Å². The normalized spacial score (nSPS) is 10.9. The van der Waals surface area contributed by atoms with Gasteiger partial charge in [-0.15, -0.1) is 0 Å². The van der Waals surface area contributed by atoms with Gasteiger partial charge in [-0.25, -0.2) is 15.0 Å². The van der Waals surface area contributed by atoms with Crippen molar-refractivity contribution in [2.45, 2.75) is 13.3 Å². The van der Waals surface area contributed by atoms with Gasteiger partial charge in [0.1, 0.15) is 11.3 Å². The molecule has 0 saturated heterocycles. The summed E-state index contributed by atoms with van der Waals surface area (Å²) in [5.74, 6) is 1.14. The van der Waals surface area contributed by atoms with Crippen molar-refractivity contribution in [1.82, 2.24) is 19.9 Å². The van der Waals surface area contributed by atoms with E-state index in [2.05, 4.69) is 39.0 Å². The summed E-state index contributed by atoms with van der Waals surface area (Å²) in [5, 5.41) is 0. The van der Waals surface area contributed by atoms with Crippen LogP contribution in [0.3, 0.4) is 0 Å². The molecule has 0 aliphatic rings. The number of aromatic nitrogens is 4. The third-order valence-corrected chi connectivity index (χ3v) is 2.97. The molecule has 2 heterocycles. The minimum absolute atomic E-state index is 0.445. The minimum atomic E-state index is 0.445. The molecule has 1 aromatic carbocycles. The highest BCUT2D eigenvalue weighted by atomic mass is 15.0. The van der Waals surface area contributed by atoms with Gasteiger partial charge in [0.05, 0.1) is 6.33 Å². The van der Waals surface area contributed by atoms with Crippen molar-refractivity contribution in [3.63, 3.8) is 0 Å². The van der Waals surface area contributed by atoms with Crippen molar-refractivity contribution >= 4 is 17.0 Å². The molecule has 2 aromatic heterocycles. The summed E-state index contributed by atoms with van der Waals surface area (Å²) in [7, 11) is 0. The summed E-state index contributed by atoms with van der Waals surface area (Å²) in [6, 6.07) is 8.18. The summed E-state index contributed by atoms with van der Waals surface area (Å²) < 4.78 is 0. The second-order valence-corrected chi connectivity index (χ2v) is 4.23. The Bertz CT molecular complexity index is 701. The van der Waals surface area contributed by atoms with Gasteiger partial charge in [0.2, 0.25) is 0 Å². The molecule has 0 aliphatic heterocycles. The van der Waals surface area contributed by atoms with Crippen LogP contribution in [0, 0.1) is 6.92 Å². The number of hydrogen-bond donors (Lipinski definition) is 2. The van der Waals surface area contributed by atoms with Crippen LogP contribution in [0.4, 0.5) is 5.82 Å². The predicted molar refractivity (Wildman–Crippen MR) is 70.1 cm³/mol. The number of rotatable bonds is 2. The van der Waals surface area contributed by atoms with E-state index in [1.165, 1.54) is 11.1 Å². The first-order valence-electron chi connectivity index (χ1n) is 5.74. The van der Waals surface area contributed by atoms with Crippen molar-refractivity contribution < 1.29 is 0 Å². The van der Waals surface area contributed by atoms with E-state index in [1.807, 2.05) is 12.1 Å². The van der Waals surface area contributed by atoms with Crippen molar-refractivity contribution in [2.75, 3.05) is 5.73 Å². The smallest absolute Gasteiger partial charge is 0.183 e. The number of nitrogen functional groups attached to an aromatic ring is 1. The predicted octanol–water partition coefficient (Wildman–Crippen LogP) is 1.83. The SMILES string of the molecule is Cc1ccccc1Cc1nc(N)c2[nH]cnc2n1. The Kier molecular flexibility index (Phi) is 2.44. The molecule has 0 unspecified atom stereocenters. The Balaban J connectivity index is 2.02. The molecule has 3 N–H and O–H groups in total. The van der Waals surface area contributed by atoms with Gasteiger partial charge in [-0.1, -0.05) is 24.3 Å². The number of hydrogen-bond acceptors (Lipinski definition) is 4. The monoisotopic (exact) mass is 239 g/mol. The summed E-state index contributed by atoms with van der Waals surface area (Å²) >= 11 is 0. The van der Waals surface area contributed by atoms with Crippen LogP contribution in [0.15, 0.2) is 30.6 Å². The van der Waals surface area contributed by atoms with Crippen LogP contribution < -0.4 is 5.73 Å². The van der Waals surface area contributed by atoms with Crippen LogP contribution in [-0.2, 0) is 6.42 Å². The third-order valence-electron chi connectivity index (χ3n) is 2.97. The number of aryl methyl sites for hydroxylation is 1. The molecule has 5 nitrogen and oxygen atoms in total. The van der Waals surface area contributed by atoms with E-state index in [9.17, 15) is 0 Å². The molecule has 90 valence electrons. The third kappa shape index (κ3) is 1.79. The molecule has 0 fully saturated rings. The van der Waals surface area contributed by atoms with Gasteiger partial charge in [0.15, 0.2) is 11.5 Å². The van der Waals surface area contributed by atoms with Crippen molar-refractivity contribution in [1.29, 1.82) is 0 Å². The number of nitrogens with one attached hydrogen (secondary N) is 1. The van der Waals surface area contributed by atoms with Crippen molar-refractivity contribution in [3.8, 4) is 0 Å². The van der Waals surface area contributed by atoms with Gasteiger partial charge < -0.3 is 10.7 Å². The largest absolute Gasteiger partial charge is 0.382 e. The van der Waals surface area contributed by atoms with Crippen LogP contribution in [0.5, 0.6) is 0 Å². The first-order valence-corrected chi connectivity index (χ1v) is 5.74. The van der Waals surface area contributed by atoms with Crippen LogP contribution >= 0.6 is 0 Å². The van der Waals surface area contributed by atoms with Gasteiger partial charge in [0, 0.05) is 6.42 Å². The Morgan fingerprint density at radius 1 is 1.22 bits per heavy atom. The molecule has 0 spiro atoms. The molecule has 5 heteroatoms. The van der Waals surface area contributed by atoms with Crippen LogP contribution in [0.25, 0.3) is 11.2 Å². The number of anilines is 1.